The number of aromatic nitrogens is 4. The van der Waals surface area contributed by atoms with Crippen molar-refractivity contribution in [2.24, 2.45) is 7.05 Å². The average Bonchev–Trinajstić information content (AvgIpc) is 3.11. The molecule has 0 radical (unpaired) electrons. The maximum absolute atomic E-state index is 12.4. The van der Waals surface area contributed by atoms with Crippen LogP contribution in [0.5, 0.6) is 0 Å². The van der Waals surface area contributed by atoms with Crippen molar-refractivity contribution in [3.63, 3.8) is 0 Å². The number of carbonyl (C=O) groups excluding carboxylic acids is 1. The van der Waals surface area contributed by atoms with Gasteiger partial charge in [0, 0.05) is 32.0 Å². The van der Waals surface area contributed by atoms with Gasteiger partial charge in [0.2, 0.25) is 5.95 Å². The molecule has 1 fully saturated rings. The molecule has 0 unspecified atom stereocenters. The Morgan fingerprint density at radius 3 is 2.29 bits per heavy atom. The predicted molar refractivity (Wildman–Crippen MR) is 121 cm³/mol. The third-order valence-corrected chi connectivity index (χ3v) is 4.87. The second kappa shape index (κ2) is 10.5. The minimum atomic E-state index is -5.08. The molecule has 10 nitrogen and oxygen atoms in total. The number of aryl methyl sites for hydroxylation is 3. The van der Waals surface area contributed by atoms with E-state index in [1.165, 1.54) is 11.1 Å². The van der Waals surface area contributed by atoms with Crippen molar-refractivity contribution < 1.29 is 27.9 Å². The maximum Gasteiger partial charge on any atom is 0.490 e. The lowest BCUT2D eigenvalue weighted by atomic mass is 10.1. The summed E-state index contributed by atoms with van der Waals surface area (Å²) in [6.45, 7) is 5.71. The topological polar surface area (TPSA) is 134 Å². The highest BCUT2D eigenvalue weighted by atomic mass is 19.4. The molecular formula is C22H24F3N7O3. The lowest BCUT2D eigenvalue weighted by molar-refractivity contribution is -0.192. The maximum atomic E-state index is 12.4. The Morgan fingerprint density at radius 2 is 1.74 bits per heavy atom. The molecule has 0 spiro atoms. The van der Waals surface area contributed by atoms with Crippen LogP contribution in [0.1, 0.15) is 21.6 Å². The number of carboxylic acid groups (broad SMARTS) is 1. The number of carboxylic acids is 1. The SMILES string of the molecule is Cc1cc(C)cc(Nc2nccc(-c3cc(C(=O)NC4CNC4)n(C)n3)n2)c1.O=C(O)C(F)(F)F. The predicted octanol–water partition coefficient (Wildman–Crippen LogP) is 2.57. The molecule has 1 aliphatic rings. The van der Waals surface area contributed by atoms with Gasteiger partial charge in [0.15, 0.2) is 0 Å². The number of nitrogens with one attached hydrogen (secondary N) is 3. The van der Waals surface area contributed by atoms with Crippen molar-refractivity contribution in [1.29, 1.82) is 0 Å². The van der Waals surface area contributed by atoms with Crippen LogP contribution in [0.4, 0.5) is 24.8 Å². The van der Waals surface area contributed by atoms with Gasteiger partial charge in [-0.3, -0.25) is 9.48 Å². The second-order valence-corrected chi connectivity index (χ2v) is 7.94. The zero-order valence-corrected chi connectivity index (χ0v) is 19.1. The Balaban J connectivity index is 0.000000429. The van der Waals surface area contributed by atoms with Gasteiger partial charge in [-0.1, -0.05) is 6.07 Å². The molecule has 13 heteroatoms. The van der Waals surface area contributed by atoms with Gasteiger partial charge in [-0.25, -0.2) is 14.8 Å². The number of benzene rings is 1. The van der Waals surface area contributed by atoms with E-state index in [-0.39, 0.29) is 11.9 Å². The fourth-order valence-electron chi connectivity index (χ4n) is 3.19. The number of anilines is 2. The molecule has 0 atom stereocenters. The Morgan fingerprint density at radius 1 is 1.11 bits per heavy atom. The first-order chi connectivity index (χ1) is 16.4. The molecule has 1 aromatic carbocycles. The van der Waals surface area contributed by atoms with Crippen LogP contribution in [0.3, 0.4) is 0 Å². The van der Waals surface area contributed by atoms with Crippen LogP contribution in [0.25, 0.3) is 11.4 Å². The molecule has 35 heavy (non-hydrogen) atoms. The lowest BCUT2D eigenvalue weighted by Gasteiger charge is -2.27. The van der Waals surface area contributed by atoms with E-state index >= 15 is 0 Å². The summed E-state index contributed by atoms with van der Waals surface area (Å²) in [5, 5.41) is 20.9. The number of hydrogen-bond donors (Lipinski definition) is 4. The first-order valence-corrected chi connectivity index (χ1v) is 10.5. The fraction of sp³-hybridized carbons (Fsp3) is 0.318. The van der Waals surface area contributed by atoms with Crippen LogP contribution >= 0.6 is 0 Å². The molecule has 1 saturated heterocycles. The number of halogens is 3. The molecule has 186 valence electrons. The monoisotopic (exact) mass is 491 g/mol. The summed E-state index contributed by atoms with van der Waals surface area (Å²) < 4.78 is 33.3. The summed E-state index contributed by atoms with van der Waals surface area (Å²) >= 11 is 0. The standard InChI is InChI=1S/C20H23N7O.C2HF3O2/c1-12-6-13(2)8-14(7-12)24-20-22-5-4-16(25-20)17-9-18(27(3)26-17)19(28)23-15-10-21-11-15;3-2(4,5)1(6)7/h4-9,15,21H,10-11H2,1-3H3,(H,23,28)(H,22,24,25);(H,6,7). The largest absolute Gasteiger partial charge is 0.490 e. The van der Waals surface area contributed by atoms with Crippen LogP contribution in [0, 0.1) is 13.8 Å². The zero-order valence-electron chi connectivity index (χ0n) is 19.1. The summed E-state index contributed by atoms with van der Waals surface area (Å²) in [5.41, 5.74) is 5.06. The summed E-state index contributed by atoms with van der Waals surface area (Å²) in [6.07, 6.45) is -3.40. The summed E-state index contributed by atoms with van der Waals surface area (Å²) in [7, 11) is 1.76. The van der Waals surface area contributed by atoms with Crippen LogP contribution in [0.2, 0.25) is 0 Å². The molecule has 2 aromatic heterocycles. The van der Waals surface area contributed by atoms with E-state index in [2.05, 4.69) is 50.9 Å². The zero-order chi connectivity index (χ0) is 25.8. The minimum absolute atomic E-state index is 0.129. The second-order valence-electron chi connectivity index (χ2n) is 7.94. The molecule has 4 rings (SSSR count). The number of amides is 1. The van der Waals surface area contributed by atoms with Crippen molar-refractivity contribution in [2.45, 2.75) is 26.1 Å². The number of nitrogens with zero attached hydrogens (tertiary/aromatic N) is 4. The summed E-state index contributed by atoms with van der Waals surface area (Å²) in [4.78, 5) is 30.2. The minimum Gasteiger partial charge on any atom is -0.475 e. The fourth-order valence-corrected chi connectivity index (χ4v) is 3.19. The highest BCUT2D eigenvalue weighted by molar-refractivity contribution is 5.93. The Bertz CT molecular complexity index is 1200. The van der Waals surface area contributed by atoms with E-state index in [0.29, 0.717) is 23.0 Å². The van der Waals surface area contributed by atoms with Crippen molar-refractivity contribution in [3.8, 4) is 11.4 Å². The molecule has 0 aliphatic carbocycles. The van der Waals surface area contributed by atoms with Gasteiger partial charge in [-0.15, -0.1) is 0 Å². The third-order valence-electron chi connectivity index (χ3n) is 4.87. The van der Waals surface area contributed by atoms with Crippen molar-refractivity contribution in [3.05, 3.63) is 53.3 Å². The summed E-state index contributed by atoms with van der Waals surface area (Å²) in [6, 6.07) is 9.92. The van der Waals surface area contributed by atoms with Gasteiger partial charge in [0.25, 0.3) is 5.91 Å². The molecule has 0 saturated carbocycles. The van der Waals surface area contributed by atoms with Crippen molar-refractivity contribution in [1.82, 2.24) is 30.4 Å². The van der Waals surface area contributed by atoms with Gasteiger partial charge in [0.05, 0.1) is 11.7 Å². The summed E-state index contributed by atoms with van der Waals surface area (Å²) in [5.74, 6) is -2.40. The lowest BCUT2D eigenvalue weighted by Crippen LogP contribution is -2.57. The average molecular weight is 491 g/mol. The Labute approximate surface area is 198 Å². The van der Waals surface area contributed by atoms with Crippen molar-refractivity contribution >= 4 is 23.5 Å². The molecule has 3 heterocycles. The van der Waals surface area contributed by atoms with Gasteiger partial charge in [-0.05, 0) is 49.2 Å². The van der Waals surface area contributed by atoms with Crippen molar-refractivity contribution in [2.75, 3.05) is 18.4 Å². The van der Waals surface area contributed by atoms with Gasteiger partial charge in [0.1, 0.15) is 11.4 Å². The van der Waals surface area contributed by atoms with Crippen LogP contribution in [-0.2, 0) is 11.8 Å². The van der Waals surface area contributed by atoms with E-state index in [1.807, 2.05) is 12.1 Å². The molecule has 1 amide bonds. The van der Waals surface area contributed by atoms with E-state index in [9.17, 15) is 18.0 Å². The van der Waals surface area contributed by atoms with Crippen LogP contribution in [-0.4, -0.2) is 62.0 Å². The number of hydrogen-bond acceptors (Lipinski definition) is 7. The van der Waals surface area contributed by atoms with Crippen LogP contribution in [0.15, 0.2) is 36.5 Å². The highest BCUT2D eigenvalue weighted by Crippen LogP contribution is 2.21. The third kappa shape index (κ3) is 6.99. The molecule has 4 N–H and O–H groups in total. The first-order valence-electron chi connectivity index (χ1n) is 10.5. The Hall–Kier alpha value is -4.00. The molecule has 3 aromatic rings. The van der Waals surface area contributed by atoms with Gasteiger partial charge >= 0.3 is 12.1 Å². The first kappa shape index (κ1) is 25.6. The number of carbonyl (C=O) groups is 2. The highest BCUT2D eigenvalue weighted by Gasteiger charge is 2.38. The molecular weight excluding hydrogens is 467 g/mol. The quantitative estimate of drug-likeness (QED) is 0.428. The van der Waals surface area contributed by atoms with E-state index in [1.54, 1.807) is 30.1 Å². The van der Waals surface area contributed by atoms with Gasteiger partial charge < -0.3 is 21.1 Å². The molecule has 0 bridgehead atoms. The molecule has 1 aliphatic heterocycles. The number of alkyl halides is 3. The van der Waals surface area contributed by atoms with E-state index in [0.717, 1.165) is 18.8 Å². The number of rotatable bonds is 5. The van der Waals surface area contributed by atoms with Crippen LogP contribution < -0.4 is 16.0 Å². The van der Waals surface area contributed by atoms with E-state index < -0.39 is 12.1 Å². The normalized spacial score (nSPS) is 13.3. The van der Waals surface area contributed by atoms with Gasteiger partial charge in [-0.2, -0.15) is 18.3 Å². The van der Waals surface area contributed by atoms with E-state index in [4.69, 9.17) is 9.90 Å². The smallest absolute Gasteiger partial charge is 0.475 e. The Kier molecular flexibility index (Phi) is 7.69. The number of aliphatic carboxylic acids is 1.